The van der Waals surface area contributed by atoms with Crippen LogP contribution in [0.25, 0.3) is 10.9 Å². The number of aryl methyl sites for hydroxylation is 2. The Morgan fingerprint density at radius 3 is 2.50 bits per heavy atom. The van der Waals surface area contributed by atoms with Crippen LogP contribution in [0.2, 0.25) is 0 Å². The molecule has 4 nitrogen and oxygen atoms in total. The number of hydrogen-bond acceptors (Lipinski definition) is 3. The van der Waals surface area contributed by atoms with Crippen molar-refractivity contribution in [1.29, 1.82) is 0 Å². The first-order valence-corrected chi connectivity index (χ1v) is 10.4. The number of carbonyl (C=O) groups is 2. The highest BCUT2D eigenvalue weighted by molar-refractivity contribution is 6.22. The van der Waals surface area contributed by atoms with E-state index >= 15 is 0 Å². The Bertz CT molecular complexity index is 913. The molecule has 1 aliphatic rings. The highest BCUT2D eigenvalue weighted by Crippen LogP contribution is 2.35. The molecule has 0 atom stereocenters. The molecule has 1 saturated carbocycles. The molecule has 1 N–H and O–H groups in total. The summed E-state index contributed by atoms with van der Waals surface area (Å²) in [5.74, 6) is -0.515. The molecule has 1 aliphatic carbocycles. The maximum Gasteiger partial charge on any atom is 0.149 e. The van der Waals surface area contributed by atoms with Crippen LogP contribution in [0, 0.1) is 25.2 Å². The molecule has 1 heterocycles. The van der Waals surface area contributed by atoms with Crippen molar-refractivity contribution in [3.8, 4) is 0 Å². The van der Waals surface area contributed by atoms with Gasteiger partial charge in [-0.05, 0) is 49.8 Å². The number of benzene rings is 1. The van der Waals surface area contributed by atoms with Gasteiger partial charge in [0.2, 0.25) is 0 Å². The molecule has 3 rings (SSSR count). The van der Waals surface area contributed by atoms with Gasteiger partial charge in [0, 0.05) is 41.7 Å². The number of ketones is 2. The molecule has 0 amide bonds. The molecule has 0 spiro atoms. The molecule has 2 aromatic rings. The van der Waals surface area contributed by atoms with Crippen molar-refractivity contribution in [2.24, 2.45) is 16.3 Å². The van der Waals surface area contributed by atoms with Gasteiger partial charge in [0.15, 0.2) is 0 Å². The SMILES string of the molecule is CCCC(=NCCc1c(C)[nH]c2ccc(C)cc12)C1C(=O)CC(C)(C)CC1=O. The molecule has 28 heavy (non-hydrogen) atoms. The quantitative estimate of drug-likeness (QED) is 0.557. The van der Waals surface area contributed by atoms with Crippen LogP contribution in [0.5, 0.6) is 0 Å². The van der Waals surface area contributed by atoms with Crippen molar-refractivity contribution in [3.05, 3.63) is 35.0 Å². The van der Waals surface area contributed by atoms with Gasteiger partial charge in [0.05, 0.1) is 0 Å². The molecule has 150 valence electrons. The van der Waals surface area contributed by atoms with Gasteiger partial charge < -0.3 is 4.98 Å². The van der Waals surface area contributed by atoms with Crippen molar-refractivity contribution in [2.75, 3.05) is 6.54 Å². The molecule has 0 unspecified atom stereocenters. The van der Waals surface area contributed by atoms with Gasteiger partial charge in [-0.3, -0.25) is 14.6 Å². The maximum atomic E-state index is 12.7. The molecule has 0 radical (unpaired) electrons. The zero-order valence-electron chi connectivity index (χ0n) is 17.8. The molecule has 0 aliphatic heterocycles. The lowest BCUT2D eigenvalue weighted by atomic mass is 9.70. The van der Waals surface area contributed by atoms with Crippen LogP contribution in [0.4, 0.5) is 0 Å². The van der Waals surface area contributed by atoms with Crippen molar-refractivity contribution in [2.45, 2.75) is 66.7 Å². The number of aromatic amines is 1. The average molecular weight is 381 g/mol. The summed E-state index contributed by atoms with van der Waals surface area (Å²) in [6.07, 6.45) is 3.35. The van der Waals surface area contributed by atoms with Gasteiger partial charge in [-0.25, -0.2) is 0 Å². The number of aliphatic imine (C=N–C) groups is 1. The van der Waals surface area contributed by atoms with Crippen LogP contribution in [0.1, 0.15) is 63.3 Å². The summed E-state index contributed by atoms with van der Waals surface area (Å²) in [6.45, 7) is 10.9. The highest BCUT2D eigenvalue weighted by atomic mass is 16.2. The number of hydrogen-bond donors (Lipinski definition) is 1. The first-order valence-electron chi connectivity index (χ1n) is 10.4. The minimum atomic E-state index is -0.612. The van der Waals surface area contributed by atoms with Crippen LogP contribution in [-0.2, 0) is 16.0 Å². The summed E-state index contributed by atoms with van der Waals surface area (Å²) in [7, 11) is 0. The van der Waals surface area contributed by atoms with E-state index in [4.69, 9.17) is 4.99 Å². The molecule has 0 saturated heterocycles. The number of aromatic nitrogens is 1. The second kappa shape index (κ2) is 8.02. The molecular weight excluding hydrogens is 348 g/mol. The minimum absolute atomic E-state index is 0.0485. The van der Waals surface area contributed by atoms with Crippen molar-refractivity contribution in [1.82, 2.24) is 4.98 Å². The van der Waals surface area contributed by atoms with E-state index < -0.39 is 5.92 Å². The second-order valence-corrected chi connectivity index (χ2v) is 9.03. The highest BCUT2D eigenvalue weighted by Gasteiger charge is 2.41. The Morgan fingerprint density at radius 1 is 1.18 bits per heavy atom. The number of H-pyrrole nitrogens is 1. The topological polar surface area (TPSA) is 62.3 Å². The van der Waals surface area contributed by atoms with Crippen LogP contribution in [-0.4, -0.2) is 28.8 Å². The average Bonchev–Trinajstić information content (AvgIpc) is 2.88. The standard InChI is InChI=1S/C24H32N2O2/c1-6-7-20(23-21(27)13-24(4,5)14-22(23)28)25-11-10-17-16(3)26-19-9-8-15(2)12-18(17)19/h8-9,12,23,26H,6-7,10-11,13-14H2,1-5H3. The predicted octanol–water partition coefficient (Wildman–Crippen LogP) is 5.14. The zero-order valence-corrected chi connectivity index (χ0v) is 17.8. The molecule has 1 aromatic carbocycles. The van der Waals surface area contributed by atoms with Crippen molar-refractivity contribution >= 4 is 28.2 Å². The molecule has 1 fully saturated rings. The van der Waals surface area contributed by atoms with Crippen LogP contribution >= 0.6 is 0 Å². The van der Waals surface area contributed by atoms with Gasteiger partial charge in [0.1, 0.15) is 17.5 Å². The van der Waals surface area contributed by atoms with Crippen molar-refractivity contribution in [3.63, 3.8) is 0 Å². The van der Waals surface area contributed by atoms with E-state index in [0.29, 0.717) is 25.8 Å². The number of Topliss-reactive ketones (excluding diaryl/α,β-unsaturated/α-hetero) is 2. The fourth-order valence-corrected chi connectivity index (χ4v) is 4.46. The number of nitrogens with zero attached hydrogens (tertiary/aromatic N) is 1. The summed E-state index contributed by atoms with van der Waals surface area (Å²) in [6, 6.07) is 6.44. The summed E-state index contributed by atoms with van der Waals surface area (Å²) < 4.78 is 0. The van der Waals surface area contributed by atoms with Crippen molar-refractivity contribution < 1.29 is 9.59 Å². The van der Waals surface area contributed by atoms with E-state index in [0.717, 1.165) is 24.1 Å². The summed E-state index contributed by atoms with van der Waals surface area (Å²) in [5.41, 5.74) is 5.41. The Kier molecular flexibility index (Phi) is 5.87. The van der Waals surface area contributed by atoms with E-state index in [1.54, 1.807) is 0 Å². The number of fused-ring (bicyclic) bond motifs is 1. The van der Waals surface area contributed by atoms with Gasteiger partial charge in [0.25, 0.3) is 0 Å². The summed E-state index contributed by atoms with van der Waals surface area (Å²) in [5, 5.41) is 1.25. The Hall–Kier alpha value is -2.23. The normalized spacial score (nSPS) is 18.2. The third-order valence-corrected chi connectivity index (χ3v) is 5.74. The lowest BCUT2D eigenvalue weighted by Gasteiger charge is -2.32. The molecule has 0 bridgehead atoms. The Balaban J connectivity index is 1.81. The van der Waals surface area contributed by atoms with Gasteiger partial charge >= 0.3 is 0 Å². The predicted molar refractivity (Wildman–Crippen MR) is 115 cm³/mol. The largest absolute Gasteiger partial charge is 0.358 e. The lowest BCUT2D eigenvalue weighted by molar-refractivity contribution is -0.136. The first kappa shape index (κ1) is 20.5. The Labute approximate surface area is 167 Å². The van der Waals surface area contributed by atoms with Gasteiger partial charge in [-0.2, -0.15) is 0 Å². The number of rotatable bonds is 6. The third kappa shape index (κ3) is 4.26. The summed E-state index contributed by atoms with van der Waals surface area (Å²) >= 11 is 0. The monoisotopic (exact) mass is 380 g/mol. The van der Waals surface area contributed by atoms with E-state index in [9.17, 15) is 9.59 Å². The minimum Gasteiger partial charge on any atom is -0.358 e. The maximum absolute atomic E-state index is 12.7. The third-order valence-electron chi connectivity index (χ3n) is 5.74. The van der Waals surface area contributed by atoms with E-state index in [1.165, 1.54) is 22.2 Å². The molecule has 1 aromatic heterocycles. The van der Waals surface area contributed by atoms with Crippen LogP contribution < -0.4 is 0 Å². The number of carbonyl (C=O) groups excluding carboxylic acids is 2. The zero-order chi connectivity index (χ0) is 20.5. The molecule has 4 heteroatoms. The lowest BCUT2D eigenvalue weighted by Crippen LogP contribution is -2.42. The Morgan fingerprint density at radius 2 is 1.86 bits per heavy atom. The van der Waals surface area contributed by atoms with Crippen LogP contribution in [0.3, 0.4) is 0 Å². The van der Waals surface area contributed by atoms with E-state index in [-0.39, 0.29) is 17.0 Å². The van der Waals surface area contributed by atoms with Crippen LogP contribution in [0.15, 0.2) is 23.2 Å². The number of nitrogens with one attached hydrogen (secondary N) is 1. The van der Waals surface area contributed by atoms with Gasteiger partial charge in [-0.15, -0.1) is 0 Å². The summed E-state index contributed by atoms with van der Waals surface area (Å²) in [4.78, 5) is 33.6. The fraction of sp³-hybridized carbons (Fsp3) is 0.542. The van der Waals surface area contributed by atoms with E-state index in [1.807, 2.05) is 13.8 Å². The van der Waals surface area contributed by atoms with E-state index in [2.05, 4.69) is 44.0 Å². The smallest absolute Gasteiger partial charge is 0.149 e. The first-order chi connectivity index (χ1) is 13.2. The van der Waals surface area contributed by atoms with Gasteiger partial charge in [-0.1, -0.05) is 38.8 Å². The second-order valence-electron chi connectivity index (χ2n) is 9.03. The molecular formula is C24H32N2O2. The fourth-order valence-electron chi connectivity index (χ4n) is 4.46.